The van der Waals surface area contributed by atoms with Gasteiger partial charge in [0.2, 0.25) is 0 Å². The lowest BCUT2D eigenvalue weighted by molar-refractivity contribution is 0.357. The van der Waals surface area contributed by atoms with Gasteiger partial charge in [-0.1, -0.05) is 18.2 Å². The molecule has 0 fully saturated rings. The molecule has 1 unspecified atom stereocenters. The van der Waals surface area contributed by atoms with Crippen LogP contribution in [0.3, 0.4) is 0 Å². The van der Waals surface area contributed by atoms with E-state index in [2.05, 4.69) is 61.3 Å². The van der Waals surface area contributed by atoms with Gasteiger partial charge in [0.15, 0.2) is 0 Å². The maximum Gasteiger partial charge on any atom is 0.122 e. The fraction of sp³-hybridized carbons (Fsp3) is 0.333. The number of nitrogens with two attached hydrogens (primary N) is 1. The van der Waals surface area contributed by atoms with Gasteiger partial charge in [-0.25, -0.2) is 0 Å². The molecule has 0 radical (unpaired) electrons. The molecule has 3 heteroatoms. The van der Waals surface area contributed by atoms with Gasteiger partial charge < -0.3 is 15.4 Å². The van der Waals surface area contributed by atoms with Crippen LogP contribution in [-0.4, -0.2) is 20.2 Å². The first-order chi connectivity index (χ1) is 10.2. The molecular formula is C18H22N2O. The first kappa shape index (κ1) is 14.0. The summed E-state index contributed by atoms with van der Waals surface area (Å²) in [4.78, 5) is 2.25. The van der Waals surface area contributed by atoms with Crippen molar-refractivity contribution in [3.63, 3.8) is 0 Å². The van der Waals surface area contributed by atoms with Crippen molar-refractivity contribution in [2.75, 3.05) is 25.1 Å². The molecule has 2 N–H and O–H groups in total. The lowest BCUT2D eigenvalue weighted by Gasteiger charge is -2.30. The Hall–Kier alpha value is -2.00. The molecule has 0 amide bonds. The summed E-state index contributed by atoms with van der Waals surface area (Å²) in [6, 6.07) is 15.2. The van der Waals surface area contributed by atoms with Crippen molar-refractivity contribution in [2.45, 2.75) is 19.4 Å². The van der Waals surface area contributed by atoms with Crippen molar-refractivity contribution in [3.05, 3.63) is 59.2 Å². The summed E-state index contributed by atoms with van der Waals surface area (Å²) in [5.74, 6) is 1.02. The van der Waals surface area contributed by atoms with Crippen LogP contribution in [0.2, 0.25) is 0 Å². The fourth-order valence-electron chi connectivity index (χ4n) is 2.96. The van der Waals surface area contributed by atoms with E-state index in [4.69, 9.17) is 10.5 Å². The standard InChI is InChI=1S/C18H22N2O/c1-13-4-3-5-16(10-13)20(2)17(12-19)14-6-7-18-15(11-14)8-9-21-18/h3-7,10-11,17H,8-9,12,19H2,1-2H3. The largest absolute Gasteiger partial charge is 0.493 e. The molecule has 110 valence electrons. The second-order valence-corrected chi connectivity index (χ2v) is 5.67. The van der Waals surface area contributed by atoms with Crippen LogP contribution in [-0.2, 0) is 6.42 Å². The van der Waals surface area contributed by atoms with Gasteiger partial charge in [0.1, 0.15) is 5.75 Å². The maximum atomic E-state index is 6.05. The number of aryl methyl sites for hydroxylation is 1. The van der Waals surface area contributed by atoms with E-state index in [0.29, 0.717) is 6.54 Å². The zero-order valence-corrected chi connectivity index (χ0v) is 12.7. The van der Waals surface area contributed by atoms with Crippen molar-refractivity contribution in [1.29, 1.82) is 0 Å². The molecule has 21 heavy (non-hydrogen) atoms. The first-order valence-electron chi connectivity index (χ1n) is 7.44. The summed E-state index contributed by atoms with van der Waals surface area (Å²) in [5, 5.41) is 0. The van der Waals surface area contributed by atoms with Crippen molar-refractivity contribution < 1.29 is 4.74 Å². The van der Waals surface area contributed by atoms with Crippen molar-refractivity contribution in [2.24, 2.45) is 5.73 Å². The highest BCUT2D eigenvalue weighted by Gasteiger charge is 2.19. The Morgan fingerprint density at radius 1 is 1.24 bits per heavy atom. The Kier molecular flexibility index (Phi) is 3.84. The van der Waals surface area contributed by atoms with Crippen LogP contribution in [0.5, 0.6) is 5.75 Å². The molecule has 0 spiro atoms. The third kappa shape index (κ3) is 2.74. The molecule has 2 aromatic carbocycles. The minimum absolute atomic E-state index is 0.178. The van der Waals surface area contributed by atoms with Gasteiger partial charge >= 0.3 is 0 Å². The van der Waals surface area contributed by atoms with Gasteiger partial charge in [0, 0.05) is 25.7 Å². The van der Waals surface area contributed by atoms with Gasteiger partial charge in [-0.3, -0.25) is 0 Å². The minimum Gasteiger partial charge on any atom is -0.493 e. The Morgan fingerprint density at radius 3 is 2.86 bits per heavy atom. The predicted octanol–water partition coefficient (Wildman–Crippen LogP) is 3.07. The molecule has 0 bridgehead atoms. The van der Waals surface area contributed by atoms with Crippen LogP contribution in [0.1, 0.15) is 22.7 Å². The van der Waals surface area contributed by atoms with Gasteiger partial charge in [-0.05, 0) is 47.9 Å². The molecule has 1 heterocycles. The fourth-order valence-corrected chi connectivity index (χ4v) is 2.96. The van der Waals surface area contributed by atoms with E-state index in [9.17, 15) is 0 Å². The second-order valence-electron chi connectivity index (χ2n) is 5.67. The molecule has 0 saturated carbocycles. The summed E-state index contributed by atoms with van der Waals surface area (Å²) in [6.45, 7) is 3.49. The predicted molar refractivity (Wildman–Crippen MR) is 87.0 cm³/mol. The molecule has 1 aliphatic rings. The summed E-state index contributed by atoms with van der Waals surface area (Å²) < 4.78 is 5.58. The third-order valence-corrected chi connectivity index (χ3v) is 4.20. The van der Waals surface area contributed by atoms with Gasteiger partial charge in [0.25, 0.3) is 0 Å². The highest BCUT2D eigenvalue weighted by Crippen LogP contribution is 2.31. The summed E-state index contributed by atoms with van der Waals surface area (Å²) >= 11 is 0. The first-order valence-corrected chi connectivity index (χ1v) is 7.44. The van der Waals surface area contributed by atoms with Crippen LogP contribution in [0.4, 0.5) is 5.69 Å². The van der Waals surface area contributed by atoms with E-state index in [0.717, 1.165) is 18.8 Å². The molecule has 1 aliphatic heterocycles. The summed E-state index contributed by atoms with van der Waals surface area (Å²) in [5.41, 5.74) is 11.1. The van der Waals surface area contributed by atoms with Crippen molar-refractivity contribution in [3.8, 4) is 5.75 Å². The maximum absolute atomic E-state index is 6.05. The number of ether oxygens (including phenoxy) is 1. The number of likely N-dealkylation sites (N-methyl/N-ethyl adjacent to an activating group) is 1. The topological polar surface area (TPSA) is 38.5 Å². The Morgan fingerprint density at radius 2 is 2.10 bits per heavy atom. The zero-order valence-electron chi connectivity index (χ0n) is 12.7. The Balaban J connectivity index is 1.91. The van der Waals surface area contributed by atoms with Crippen LogP contribution in [0.25, 0.3) is 0 Å². The molecule has 3 nitrogen and oxygen atoms in total. The molecule has 3 rings (SSSR count). The van der Waals surface area contributed by atoms with E-state index in [1.165, 1.54) is 22.4 Å². The minimum atomic E-state index is 0.178. The van der Waals surface area contributed by atoms with Crippen LogP contribution < -0.4 is 15.4 Å². The molecular weight excluding hydrogens is 260 g/mol. The number of rotatable bonds is 4. The highest BCUT2D eigenvalue weighted by atomic mass is 16.5. The number of hydrogen-bond donors (Lipinski definition) is 1. The van der Waals surface area contributed by atoms with E-state index < -0.39 is 0 Å². The van der Waals surface area contributed by atoms with Crippen LogP contribution in [0.15, 0.2) is 42.5 Å². The number of nitrogens with zero attached hydrogens (tertiary/aromatic N) is 1. The zero-order chi connectivity index (χ0) is 14.8. The molecule has 0 saturated heterocycles. The summed E-state index contributed by atoms with van der Waals surface area (Å²) in [6.07, 6.45) is 0.995. The smallest absolute Gasteiger partial charge is 0.122 e. The monoisotopic (exact) mass is 282 g/mol. The van der Waals surface area contributed by atoms with Gasteiger partial charge in [0.05, 0.1) is 12.6 Å². The van der Waals surface area contributed by atoms with Crippen molar-refractivity contribution >= 4 is 5.69 Å². The van der Waals surface area contributed by atoms with Crippen molar-refractivity contribution in [1.82, 2.24) is 0 Å². The Labute approximate surface area is 126 Å². The molecule has 2 aromatic rings. The number of anilines is 1. The van der Waals surface area contributed by atoms with E-state index >= 15 is 0 Å². The summed E-state index contributed by atoms with van der Waals surface area (Å²) in [7, 11) is 2.11. The number of fused-ring (bicyclic) bond motifs is 1. The molecule has 1 atom stereocenters. The molecule has 0 aromatic heterocycles. The third-order valence-electron chi connectivity index (χ3n) is 4.20. The number of hydrogen-bond acceptors (Lipinski definition) is 3. The average Bonchev–Trinajstić information content (AvgIpc) is 2.95. The SMILES string of the molecule is Cc1cccc(N(C)C(CN)c2ccc3c(c2)CCO3)c1. The van der Waals surface area contributed by atoms with E-state index in [1.807, 2.05) is 0 Å². The van der Waals surface area contributed by atoms with E-state index in [-0.39, 0.29) is 6.04 Å². The molecule has 0 aliphatic carbocycles. The number of benzene rings is 2. The lowest BCUT2D eigenvalue weighted by Crippen LogP contribution is -2.30. The Bertz CT molecular complexity index is 639. The van der Waals surface area contributed by atoms with Crippen LogP contribution >= 0.6 is 0 Å². The second kappa shape index (κ2) is 5.78. The van der Waals surface area contributed by atoms with Crippen LogP contribution in [0, 0.1) is 6.92 Å². The quantitative estimate of drug-likeness (QED) is 0.936. The normalized spacial score (nSPS) is 14.4. The van der Waals surface area contributed by atoms with Gasteiger partial charge in [-0.2, -0.15) is 0 Å². The average molecular weight is 282 g/mol. The van der Waals surface area contributed by atoms with E-state index in [1.54, 1.807) is 0 Å². The van der Waals surface area contributed by atoms with Gasteiger partial charge in [-0.15, -0.1) is 0 Å². The lowest BCUT2D eigenvalue weighted by atomic mass is 10.0. The highest BCUT2D eigenvalue weighted by molar-refractivity contribution is 5.51.